The average molecular weight is 410 g/mol. The number of nitrogens with zero attached hydrogens (tertiary/aromatic N) is 1. The Bertz CT molecular complexity index is 1180. The number of aromatic nitrogens is 1. The lowest BCUT2D eigenvalue weighted by Gasteiger charge is -2.09. The van der Waals surface area contributed by atoms with Crippen molar-refractivity contribution in [2.75, 3.05) is 5.32 Å². The molecule has 3 rings (SSSR count). The van der Waals surface area contributed by atoms with Crippen LogP contribution in [-0.4, -0.2) is 22.0 Å². The van der Waals surface area contributed by atoms with Crippen LogP contribution in [0.3, 0.4) is 0 Å². The zero-order chi connectivity index (χ0) is 21.7. The van der Waals surface area contributed by atoms with Crippen molar-refractivity contribution in [3.8, 4) is 11.8 Å². The molecule has 0 atom stereocenters. The van der Waals surface area contributed by atoms with Gasteiger partial charge >= 0.3 is 12.1 Å². The van der Waals surface area contributed by atoms with E-state index in [0.29, 0.717) is 16.8 Å². The molecule has 0 aliphatic rings. The highest BCUT2D eigenvalue weighted by molar-refractivity contribution is 6.04. The number of aromatic carboxylic acids is 1. The number of amides is 1. The number of alkyl halides is 3. The number of hydrogen-bond donors (Lipinski definition) is 2. The van der Waals surface area contributed by atoms with E-state index in [1.165, 1.54) is 30.6 Å². The molecule has 0 bridgehead atoms. The van der Waals surface area contributed by atoms with Crippen LogP contribution in [0.2, 0.25) is 0 Å². The summed E-state index contributed by atoms with van der Waals surface area (Å²) >= 11 is 0. The molecule has 150 valence electrons. The molecule has 8 heteroatoms. The number of benzene rings is 2. The lowest BCUT2D eigenvalue weighted by molar-refractivity contribution is -0.137. The van der Waals surface area contributed by atoms with Crippen LogP contribution >= 0.6 is 0 Å². The van der Waals surface area contributed by atoms with Gasteiger partial charge in [-0.1, -0.05) is 24.0 Å². The molecule has 0 saturated heterocycles. The van der Waals surface area contributed by atoms with E-state index in [-0.39, 0.29) is 11.1 Å². The quantitative estimate of drug-likeness (QED) is 0.626. The molecule has 5 nitrogen and oxygen atoms in total. The van der Waals surface area contributed by atoms with Crippen LogP contribution in [0.4, 0.5) is 18.9 Å². The van der Waals surface area contributed by atoms with Crippen LogP contribution in [-0.2, 0) is 6.18 Å². The number of carbonyl (C=O) groups excluding carboxylic acids is 1. The van der Waals surface area contributed by atoms with Crippen molar-refractivity contribution in [3.05, 3.63) is 94.8 Å². The Balaban J connectivity index is 1.78. The Labute approximate surface area is 169 Å². The molecule has 0 saturated carbocycles. The fourth-order valence-corrected chi connectivity index (χ4v) is 2.48. The maximum Gasteiger partial charge on any atom is 0.416 e. The second-order valence-corrected chi connectivity index (χ2v) is 6.13. The van der Waals surface area contributed by atoms with E-state index in [2.05, 4.69) is 22.1 Å². The van der Waals surface area contributed by atoms with Crippen molar-refractivity contribution in [3.63, 3.8) is 0 Å². The fourth-order valence-electron chi connectivity index (χ4n) is 2.48. The van der Waals surface area contributed by atoms with Crippen LogP contribution in [0.5, 0.6) is 0 Å². The van der Waals surface area contributed by atoms with E-state index in [1.807, 2.05) is 0 Å². The molecular formula is C22H13F3N2O3. The van der Waals surface area contributed by atoms with Crippen molar-refractivity contribution in [2.24, 2.45) is 0 Å². The lowest BCUT2D eigenvalue weighted by atomic mass is 10.1. The Morgan fingerprint density at radius 3 is 2.37 bits per heavy atom. The van der Waals surface area contributed by atoms with Crippen LogP contribution in [0, 0.1) is 11.8 Å². The van der Waals surface area contributed by atoms with Gasteiger partial charge in [0.15, 0.2) is 0 Å². The highest BCUT2D eigenvalue weighted by Crippen LogP contribution is 2.29. The molecule has 30 heavy (non-hydrogen) atoms. The molecule has 3 aromatic rings. The number of carboxylic acids is 1. The van der Waals surface area contributed by atoms with E-state index >= 15 is 0 Å². The summed E-state index contributed by atoms with van der Waals surface area (Å²) in [5.74, 6) is 3.80. The molecule has 1 amide bonds. The number of pyridine rings is 1. The maximum atomic E-state index is 12.8. The van der Waals surface area contributed by atoms with Gasteiger partial charge in [-0.25, -0.2) is 4.79 Å². The molecule has 0 unspecified atom stereocenters. The SMILES string of the molecule is O=C(O)c1cncc(C#Cc2cccc(NC(=O)c3cccc(C(F)(F)F)c3)c2)c1. The first-order chi connectivity index (χ1) is 14.2. The number of carboxylic acid groups (broad SMARTS) is 1. The third kappa shape index (κ3) is 5.23. The van der Waals surface area contributed by atoms with Gasteiger partial charge in [-0.3, -0.25) is 9.78 Å². The minimum atomic E-state index is -4.54. The van der Waals surface area contributed by atoms with Crippen molar-refractivity contribution >= 4 is 17.6 Å². The molecule has 0 aliphatic carbocycles. The molecule has 0 radical (unpaired) electrons. The second kappa shape index (κ2) is 8.49. The first-order valence-electron chi connectivity index (χ1n) is 8.51. The van der Waals surface area contributed by atoms with E-state index in [0.717, 1.165) is 12.1 Å². The fraction of sp³-hybridized carbons (Fsp3) is 0.0455. The summed E-state index contributed by atoms with van der Waals surface area (Å²) in [4.78, 5) is 27.1. The standard InChI is InChI=1S/C22H13F3N2O3/c23-22(24,25)18-5-2-4-16(11-18)20(28)27-19-6-1-3-14(10-19)7-8-15-9-17(21(29)30)13-26-12-15/h1-6,9-13H,(H,27,28)(H,29,30). The van der Waals surface area contributed by atoms with Crippen molar-refractivity contribution in [1.82, 2.24) is 4.98 Å². The number of nitrogens with one attached hydrogen (secondary N) is 1. The van der Waals surface area contributed by atoms with Gasteiger partial charge in [0.2, 0.25) is 0 Å². The van der Waals surface area contributed by atoms with Crippen molar-refractivity contribution in [2.45, 2.75) is 6.18 Å². The summed E-state index contributed by atoms with van der Waals surface area (Å²) in [5.41, 5.74) is 0.223. The number of hydrogen-bond acceptors (Lipinski definition) is 3. The predicted molar refractivity (Wildman–Crippen MR) is 103 cm³/mol. The number of anilines is 1. The molecule has 0 fully saturated rings. The number of carbonyl (C=O) groups is 2. The largest absolute Gasteiger partial charge is 0.478 e. The number of rotatable bonds is 3. The van der Waals surface area contributed by atoms with E-state index in [4.69, 9.17) is 5.11 Å². The van der Waals surface area contributed by atoms with E-state index in [1.54, 1.807) is 24.3 Å². The summed E-state index contributed by atoms with van der Waals surface area (Å²) in [5, 5.41) is 11.5. The molecule has 2 N–H and O–H groups in total. The van der Waals surface area contributed by atoms with Gasteiger partial charge in [-0.15, -0.1) is 0 Å². The Hall–Kier alpha value is -4.12. The average Bonchev–Trinajstić information content (AvgIpc) is 2.72. The second-order valence-electron chi connectivity index (χ2n) is 6.13. The lowest BCUT2D eigenvalue weighted by Crippen LogP contribution is -2.14. The van der Waals surface area contributed by atoms with Crippen LogP contribution < -0.4 is 5.32 Å². The summed E-state index contributed by atoms with van der Waals surface area (Å²) < 4.78 is 38.5. The topological polar surface area (TPSA) is 79.3 Å². The highest BCUT2D eigenvalue weighted by atomic mass is 19.4. The van der Waals surface area contributed by atoms with Gasteiger partial charge in [-0.05, 0) is 42.5 Å². The summed E-state index contributed by atoms with van der Waals surface area (Å²) in [6.07, 6.45) is -1.92. The summed E-state index contributed by atoms with van der Waals surface area (Å²) in [7, 11) is 0. The van der Waals surface area contributed by atoms with Crippen LogP contribution in [0.25, 0.3) is 0 Å². The Kier molecular flexibility index (Phi) is 5.83. The molecule has 1 aromatic heterocycles. The molecule has 1 heterocycles. The van der Waals surface area contributed by atoms with Crippen molar-refractivity contribution in [1.29, 1.82) is 0 Å². The smallest absolute Gasteiger partial charge is 0.416 e. The molecule has 0 spiro atoms. The molecular weight excluding hydrogens is 397 g/mol. The third-order valence-corrected chi connectivity index (χ3v) is 3.91. The van der Waals surface area contributed by atoms with E-state index < -0.39 is 23.6 Å². The van der Waals surface area contributed by atoms with Gasteiger partial charge in [-0.2, -0.15) is 13.2 Å². The Morgan fingerprint density at radius 2 is 1.63 bits per heavy atom. The Morgan fingerprint density at radius 1 is 0.900 bits per heavy atom. The third-order valence-electron chi connectivity index (χ3n) is 3.91. The van der Waals surface area contributed by atoms with Gasteiger partial charge in [0.1, 0.15) is 0 Å². The minimum Gasteiger partial charge on any atom is -0.478 e. The zero-order valence-corrected chi connectivity index (χ0v) is 15.2. The summed E-state index contributed by atoms with van der Waals surface area (Å²) in [6.45, 7) is 0. The minimum absolute atomic E-state index is 0.00361. The molecule has 2 aromatic carbocycles. The van der Waals surface area contributed by atoms with Crippen LogP contribution in [0.15, 0.2) is 67.0 Å². The number of halogens is 3. The van der Waals surface area contributed by atoms with Crippen LogP contribution in [0.1, 0.15) is 37.4 Å². The first kappa shape index (κ1) is 20.6. The molecule has 0 aliphatic heterocycles. The predicted octanol–water partition coefficient (Wildman–Crippen LogP) is 4.45. The van der Waals surface area contributed by atoms with E-state index in [9.17, 15) is 22.8 Å². The maximum absolute atomic E-state index is 12.8. The van der Waals surface area contributed by atoms with Gasteiger partial charge in [0.25, 0.3) is 5.91 Å². The highest BCUT2D eigenvalue weighted by Gasteiger charge is 2.30. The van der Waals surface area contributed by atoms with Gasteiger partial charge < -0.3 is 10.4 Å². The summed E-state index contributed by atoms with van der Waals surface area (Å²) in [6, 6.07) is 11.9. The van der Waals surface area contributed by atoms with Gasteiger partial charge in [0, 0.05) is 34.8 Å². The van der Waals surface area contributed by atoms with Crippen molar-refractivity contribution < 1.29 is 27.9 Å². The monoisotopic (exact) mass is 410 g/mol. The zero-order valence-electron chi connectivity index (χ0n) is 15.2. The normalized spacial score (nSPS) is 10.6. The van der Waals surface area contributed by atoms with Gasteiger partial charge in [0.05, 0.1) is 11.1 Å². The first-order valence-corrected chi connectivity index (χ1v) is 8.51.